The summed E-state index contributed by atoms with van der Waals surface area (Å²) in [6.45, 7) is -0.212. The Morgan fingerprint density at radius 2 is 2.17 bits per heavy atom. The molecule has 3 rings (SSSR count). The summed E-state index contributed by atoms with van der Waals surface area (Å²) in [5.74, 6) is -0.804. The molecular formula is C13H12F3N5O2. The van der Waals surface area contributed by atoms with Gasteiger partial charge in [-0.1, -0.05) is 0 Å². The van der Waals surface area contributed by atoms with Crippen molar-refractivity contribution in [2.45, 2.75) is 38.0 Å². The van der Waals surface area contributed by atoms with Gasteiger partial charge in [0.25, 0.3) is 0 Å². The van der Waals surface area contributed by atoms with Gasteiger partial charge in [-0.05, 0) is 18.9 Å². The predicted molar refractivity (Wildman–Crippen MR) is 70.7 cm³/mol. The fourth-order valence-electron chi connectivity index (χ4n) is 2.57. The van der Waals surface area contributed by atoms with E-state index >= 15 is 0 Å². The number of hydrogen-bond donors (Lipinski definition) is 0. The van der Waals surface area contributed by atoms with Crippen LogP contribution in [0.4, 0.5) is 13.2 Å². The molecule has 0 bridgehead atoms. The minimum absolute atomic E-state index is 0.0209. The lowest BCUT2D eigenvalue weighted by atomic mass is 10.1. The predicted octanol–water partition coefficient (Wildman–Crippen LogP) is 0.978. The first-order chi connectivity index (χ1) is 10.9. The minimum Gasteiger partial charge on any atom is -0.301 e. The molecule has 1 atom stereocenters. The number of aldehydes is 1. The van der Waals surface area contributed by atoms with Crippen LogP contribution in [-0.2, 0) is 23.9 Å². The van der Waals surface area contributed by atoms with Crippen molar-refractivity contribution in [3.8, 4) is 0 Å². The molecule has 0 aromatic carbocycles. The molecule has 0 aliphatic carbocycles. The van der Waals surface area contributed by atoms with Crippen LogP contribution in [-0.4, -0.2) is 30.6 Å². The average molecular weight is 327 g/mol. The Balaban J connectivity index is 1.94. The van der Waals surface area contributed by atoms with Crippen molar-refractivity contribution in [3.63, 3.8) is 0 Å². The molecule has 0 saturated heterocycles. The molecule has 2 aromatic heterocycles. The number of aryl methyl sites for hydroxylation is 1. The van der Waals surface area contributed by atoms with Crippen molar-refractivity contribution < 1.29 is 18.0 Å². The molecule has 0 fully saturated rings. The van der Waals surface area contributed by atoms with Crippen LogP contribution >= 0.6 is 0 Å². The van der Waals surface area contributed by atoms with Crippen molar-refractivity contribution in [2.75, 3.05) is 0 Å². The van der Waals surface area contributed by atoms with Gasteiger partial charge in [-0.2, -0.15) is 18.3 Å². The van der Waals surface area contributed by atoms with Crippen molar-refractivity contribution in [1.82, 2.24) is 24.3 Å². The Morgan fingerprint density at radius 1 is 1.39 bits per heavy atom. The maximum Gasteiger partial charge on any atom is 0.451 e. The van der Waals surface area contributed by atoms with Crippen molar-refractivity contribution in [2.24, 2.45) is 0 Å². The second-order valence-corrected chi connectivity index (χ2v) is 5.19. The molecule has 10 heteroatoms. The lowest BCUT2D eigenvalue weighted by Crippen LogP contribution is -2.31. The first-order valence-electron chi connectivity index (χ1n) is 6.93. The molecule has 3 heterocycles. The van der Waals surface area contributed by atoms with E-state index in [-0.39, 0.29) is 12.2 Å². The number of rotatable bonds is 3. The number of hydrogen-bond acceptors (Lipinski definition) is 5. The number of nitrogens with zero attached hydrogens (tertiary/aromatic N) is 5. The fraction of sp³-hybridized carbons (Fsp3) is 0.462. The number of aromatic nitrogens is 5. The van der Waals surface area contributed by atoms with E-state index in [9.17, 15) is 22.8 Å². The summed E-state index contributed by atoms with van der Waals surface area (Å²) in [5.41, 5.74) is -0.503. The number of carbonyl (C=O) groups excluding carboxylic acids is 1. The first kappa shape index (κ1) is 15.4. The summed E-state index contributed by atoms with van der Waals surface area (Å²) in [5, 5.41) is 4.10. The summed E-state index contributed by atoms with van der Waals surface area (Å²) in [7, 11) is 0. The summed E-state index contributed by atoms with van der Waals surface area (Å²) < 4.78 is 40.2. The standard InChI is InChI=1S/C13H12F3N5O2/c14-13(15,16)11-17-5-4-8(18-11)6-20-12(23)21-9(7-22)2-1-3-10(21)19-20/h4-5,7,9H,1-3,6H2. The summed E-state index contributed by atoms with van der Waals surface area (Å²) in [4.78, 5) is 29.9. The van der Waals surface area contributed by atoms with Gasteiger partial charge in [0.2, 0.25) is 5.82 Å². The molecule has 0 radical (unpaired) electrons. The van der Waals surface area contributed by atoms with Gasteiger partial charge >= 0.3 is 11.9 Å². The van der Waals surface area contributed by atoms with Crippen LogP contribution in [0.1, 0.15) is 36.2 Å². The monoisotopic (exact) mass is 327 g/mol. The molecule has 1 aliphatic heterocycles. The highest BCUT2D eigenvalue weighted by molar-refractivity contribution is 5.56. The average Bonchev–Trinajstić information content (AvgIpc) is 2.83. The van der Waals surface area contributed by atoms with Gasteiger partial charge in [0, 0.05) is 12.6 Å². The summed E-state index contributed by atoms with van der Waals surface area (Å²) >= 11 is 0. The van der Waals surface area contributed by atoms with Crippen LogP contribution in [0, 0.1) is 0 Å². The molecule has 1 unspecified atom stereocenters. The smallest absolute Gasteiger partial charge is 0.301 e. The van der Waals surface area contributed by atoms with Crippen molar-refractivity contribution in [3.05, 3.63) is 40.1 Å². The fourth-order valence-corrected chi connectivity index (χ4v) is 2.57. The van der Waals surface area contributed by atoms with Gasteiger partial charge in [-0.3, -0.25) is 4.57 Å². The Labute approximate surface area is 127 Å². The highest BCUT2D eigenvalue weighted by Gasteiger charge is 2.34. The molecule has 7 nitrogen and oxygen atoms in total. The summed E-state index contributed by atoms with van der Waals surface area (Å²) in [6, 6.07) is 0.716. The quantitative estimate of drug-likeness (QED) is 0.785. The van der Waals surface area contributed by atoms with Crippen LogP contribution in [0.5, 0.6) is 0 Å². The molecule has 0 amide bonds. The highest BCUT2D eigenvalue weighted by atomic mass is 19.4. The van der Waals surface area contributed by atoms with Gasteiger partial charge in [-0.15, -0.1) is 0 Å². The van der Waals surface area contributed by atoms with E-state index in [0.717, 1.165) is 17.3 Å². The number of carbonyl (C=O) groups is 1. The molecular weight excluding hydrogens is 315 g/mol. The molecule has 0 N–H and O–H groups in total. The van der Waals surface area contributed by atoms with Crippen molar-refractivity contribution >= 4 is 6.29 Å². The second-order valence-electron chi connectivity index (χ2n) is 5.19. The van der Waals surface area contributed by atoms with Gasteiger partial charge in [-0.25, -0.2) is 19.4 Å². The molecule has 122 valence electrons. The zero-order valence-corrected chi connectivity index (χ0v) is 11.8. The van der Waals surface area contributed by atoms with Gasteiger partial charge < -0.3 is 4.79 Å². The van der Waals surface area contributed by atoms with E-state index < -0.39 is 23.7 Å². The molecule has 2 aromatic rings. The normalized spacial score (nSPS) is 17.8. The van der Waals surface area contributed by atoms with Gasteiger partial charge in [0.1, 0.15) is 12.1 Å². The third-order valence-corrected chi connectivity index (χ3v) is 3.61. The van der Waals surface area contributed by atoms with E-state index in [0.29, 0.717) is 25.0 Å². The van der Waals surface area contributed by atoms with E-state index in [1.165, 1.54) is 10.6 Å². The van der Waals surface area contributed by atoms with Crippen LogP contribution in [0.3, 0.4) is 0 Å². The largest absolute Gasteiger partial charge is 0.451 e. The molecule has 1 aliphatic rings. The highest BCUT2D eigenvalue weighted by Crippen LogP contribution is 2.25. The van der Waals surface area contributed by atoms with E-state index in [2.05, 4.69) is 15.1 Å². The zero-order valence-electron chi connectivity index (χ0n) is 11.8. The Hall–Kier alpha value is -2.52. The van der Waals surface area contributed by atoms with E-state index in [1.807, 2.05) is 0 Å². The maximum absolute atomic E-state index is 12.6. The molecule has 0 saturated carbocycles. The Bertz CT molecular complexity index is 796. The number of fused-ring (bicyclic) bond motifs is 1. The van der Waals surface area contributed by atoms with Crippen LogP contribution in [0.15, 0.2) is 17.1 Å². The maximum atomic E-state index is 12.6. The SMILES string of the molecule is O=CC1CCCc2nn(Cc3ccnc(C(F)(F)F)n3)c(=O)n21. The third-order valence-electron chi connectivity index (χ3n) is 3.61. The topological polar surface area (TPSA) is 82.7 Å². The minimum atomic E-state index is -4.66. The van der Waals surface area contributed by atoms with Crippen LogP contribution in [0.2, 0.25) is 0 Å². The van der Waals surface area contributed by atoms with Crippen LogP contribution in [0.25, 0.3) is 0 Å². The lowest BCUT2D eigenvalue weighted by molar-refractivity contribution is -0.145. The zero-order chi connectivity index (χ0) is 16.6. The number of alkyl halides is 3. The van der Waals surface area contributed by atoms with Crippen molar-refractivity contribution in [1.29, 1.82) is 0 Å². The number of halogens is 3. The van der Waals surface area contributed by atoms with E-state index in [4.69, 9.17) is 0 Å². The third kappa shape index (κ3) is 2.88. The lowest BCUT2D eigenvalue weighted by Gasteiger charge is -2.17. The Morgan fingerprint density at radius 3 is 2.87 bits per heavy atom. The van der Waals surface area contributed by atoms with Gasteiger partial charge in [0.05, 0.1) is 18.3 Å². The molecule has 0 spiro atoms. The van der Waals surface area contributed by atoms with Crippen LogP contribution < -0.4 is 5.69 Å². The second kappa shape index (κ2) is 5.60. The first-order valence-corrected chi connectivity index (χ1v) is 6.93. The van der Waals surface area contributed by atoms with Gasteiger partial charge in [0.15, 0.2) is 0 Å². The molecule has 23 heavy (non-hydrogen) atoms. The Kier molecular flexibility index (Phi) is 3.74. The van der Waals surface area contributed by atoms with E-state index in [1.54, 1.807) is 0 Å². The summed E-state index contributed by atoms with van der Waals surface area (Å²) in [6.07, 6.45) is -1.16.